The molecular weight excluding hydrogens is 447 g/mol. The van der Waals surface area contributed by atoms with Gasteiger partial charge in [0.1, 0.15) is 0 Å². The zero-order valence-corrected chi connectivity index (χ0v) is 25.1. The van der Waals surface area contributed by atoms with E-state index in [9.17, 15) is 9.59 Å². The second kappa shape index (κ2) is 22.9. The quantitative estimate of drug-likeness (QED) is 0.0856. The van der Waals surface area contributed by atoms with Gasteiger partial charge in [-0.25, -0.2) is 0 Å². The summed E-state index contributed by atoms with van der Waals surface area (Å²) in [5, 5.41) is 0. The molecule has 0 atom stereocenters. The first-order chi connectivity index (χ1) is 17.2. The summed E-state index contributed by atoms with van der Waals surface area (Å²) >= 11 is 0. The second-order valence-electron chi connectivity index (χ2n) is 11.7. The molecule has 0 saturated carbocycles. The van der Waals surface area contributed by atoms with Gasteiger partial charge in [-0.3, -0.25) is 0 Å². The van der Waals surface area contributed by atoms with E-state index in [1.165, 1.54) is 128 Å². The van der Waals surface area contributed by atoms with E-state index < -0.39 is 7.26 Å². The SMILES string of the molecule is CCCCCCCCCCCCCC(=O)[PH]1(C(=O)CCCCCCCCCCCCC)CCCC1. The fourth-order valence-corrected chi connectivity index (χ4v) is 10.8. The van der Waals surface area contributed by atoms with Gasteiger partial charge in [0.15, 0.2) is 0 Å². The molecule has 1 rings (SSSR count). The van der Waals surface area contributed by atoms with Gasteiger partial charge in [0.2, 0.25) is 0 Å². The van der Waals surface area contributed by atoms with Crippen LogP contribution in [0.25, 0.3) is 0 Å². The van der Waals surface area contributed by atoms with Crippen LogP contribution in [0.15, 0.2) is 0 Å². The maximum absolute atomic E-state index is 13.2. The van der Waals surface area contributed by atoms with Crippen molar-refractivity contribution >= 4 is 18.3 Å². The van der Waals surface area contributed by atoms with Crippen LogP contribution in [0.3, 0.4) is 0 Å². The third-order valence-corrected chi connectivity index (χ3v) is 13.6. The summed E-state index contributed by atoms with van der Waals surface area (Å²) < 4.78 is 0. The van der Waals surface area contributed by atoms with Crippen LogP contribution in [0.4, 0.5) is 0 Å². The van der Waals surface area contributed by atoms with Crippen LogP contribution >= 0.6 is 7.26 Å². The van der Waals surface area contributed by atoms with Crippen molar-refractivity contribution in [1.82, 2.24) is 0 Å². The molecule has 0 N–H and O–H groups in total. The van der Waals surface area contributed by atoms with Crippen LogP contribution in [-0.2, 0) is 9.59 Å². The van der Waals surface area contributed by atoms with Gasteiger partial charge in [0.25, 0.3) is 0 Å². The minimum atomic E-state index is -2.31. The molecule has 0 unspecified atom stereocenters. The number of hydrogen-bond acceptors (Lipinski definition) is 2. The molecule has 0 bridgehead atoms. The van der Waals surface area contributed by atoms with Gasteiger partial charge in [0.05, 0.1) is 0 Å². The number of rotatable bonds is 26. The van der Waals surface area contributed by atoms with E-state index in [4.69, 9.17) is 0 Å². The zero-order chi connectivity index (χ0) is 25.5. The molecular formula is C32H63O2P. The van der Waals surface area contributed by atoms with Crippen molar-refractivity contribution in [3.8, 4) is 0 Å². The molecule has 1 aliphatic rings. The Morgan fingerprint density at radius 3 is 0.971 bits per heavy atom. The van der Waals surface area contributed by atoms with Crippen molar-refractivity contribution in [2.24, 2.45) is 0 Å². The third kappa shape index (κ3) is 15.6. The average Bonchev–Trinajstić information content (AvgIpc) is 3.37. The predicted octanol–water partition coefficient (Wildman–Crippen LogP) is 11.0. The van der Waals surface area contributed by atoms with Gasteiger partial charge in [-0.2, -0.15) is 0 Å². The Morgan fingerprint density at radius 2 is 0.686 bits per heavy atom. The zero-order valence-electron chi connectivity index (χ0n) is 24.1. The van der Waals surface area contributed by atoms with Crippen molar-refractivity contribution in [3.05, 3.63) is 0 Å². The first-order valence-corrected chi connectivity index (χ1v) is 18.7. The van der Waals surface area contributed by atoms with Crippen LogP contribution < -0.4 is 0 Å². The van der Waals surface area contributed by atoms with Gasteiger partial charge in [-0.1, -0.05) is 26.7 Å². The summed E-state index contributed by atoms with van der Waals surface area (Å²) in [6.45, 7) is 4.55. The van der Waals surface area contributed by atoms with Crippen LogP contribution in [0.2, 0.25) is 0 Å². The summed E-state index contributed by atoms with van der Waals surface area (Å²) in [6, 6.07) is 0. The van der Waals surface area contributed by atoms with Crippen molar-refractivity contribution in [2.45, 2.75) is 181 Å². The van der Waals surface area contributed by atoms with E-state index in [-0.39, 0.29) is 0 Å². The van der Waals surface area contributed by atoms with Crippen LogP contribution in [-0.4, -0.2) is 23.4 Å². The molecule has 3 heteroatoms. The monoisotopic (exact) mass is 510 g/mol. The summed E-state index contributed by atoms with van der Waals surface area (Å²) in [5.41, 5.74) is 0.859. The molecule has 35 heavy (non-hydrogen) atoms. The molecule has 0 aromatic heterocycles. The van der Waals surface area contributed by atoms with Gasteiger partial charge in [-0.05, 0) is 0 Å². The van der Waals surface area contributed by atoms with Crippen LogP contribution in [0.1, 0.15) is 181 Å². The Labute approximate surface area is 220 Å². The summed E-state index contributed by atoms with van der Waals surface area (Å²) in [4.78, 5) is 26.4. The standard InChI is InChI=1S/C32H63O2P/c1-3-5-7-9-11-13-15-17-19-21-23-27-31(33)35(29-25-26-30-35)32(34)28-24-22-20-18-16-14-12-10-8-6-4-2/h35H,3-30H2,1-2H3. The normalized spacial score (nSPS) is 15.9. The molecule has 1 heterocycles. The molecule has 208 valence electrons. The summed E-state index contributed by atoms with van der Waals surface area (Å²) in [6.07, 6.45) is 34.5. The van der Waals surface area contributed by atoms with E-state index >= 15 is 0 Å². The van der Waals surface area contributed by atoms with E-state index in [0.717, 1.165) is 38.0 Å². The summed E-state index contributed by atoms with van der Waals surface area (Å²) in [7, 11) is -2.31. The number of unbranched alkanes of at least 4 members (excludes halogenated alkanes) is 20. The molecule has 0 aliphatic carbocycles. The van der Waals surface area contributed by atoms with Crippen molar-refractivity contribution in [3.63, 3.8) is 0 Å². The van der Waals surface area contributed by atoms with E-state index in [2.05, 4.69) is 13.8 Å². The average molecular weight is 511 g/mol. The van der Waals surface area contributed by atoms with E-state index in [1.54, 1.807) is 0 Å². The molecule has 0 aromatic carbocycles. The summed E-state index contributed by atoms with van der Waals surface area (Å²) in [5.74, 6) is 0. The van der Waals surface area contributed by atoms with Crippen LogP contribution in [0.5, 0.6) is 0 Å². The topological polar surface area (TPSA) is 34.1 Å². The Hall–Kier alpha value is -0.230. The van der Waals surface area contributed by atoms with Crippen molar-refractivity contribution in [1.29, 1.82) is 0 Å². The van der Waals surface area contributed by atoms with Gasteiger partial charge < -0.3 is 0 Å². The minimum absolute atomic E-state index is 0.430. The van der Waals surface area contributed by atoms with Crippen molar-refractivity contribution < 1.29 is 9.59 Å². The maximum atomic E-state index is 13.2. The molecule has 0 radical (unpaired) electrons. The fourth-order valence-electron chi connectivity index (χ4n) is 6.07. The van der Waals surface area contributed by atoms with Gasteiger partial charge in [-0.15, -0.1) is 0 Å². The molecule has 1 aliphatic heterocycles. The van der Waals surface area contributed by atoms with E-state index in [1.807, 2.05) is 0 Å². The molecule has 2 nitrogen and oxygen atoms in total. The Bertz CT molecular complexity index is 470. The first-order valence-electron chi connectivity index (χ1n) is 16.2. The molecule has 0 aromatic rings. The molecule has 0 amide bonds. The van der Waals surface area contributed by atoms with E-state index in [0.29, 0.717) is 23.9 Å². The first kappa shape index (κ1) is 32.8. The van der Waals surface area contributed by atoms with Gasteiger partial charge >= 0.3 is 194 Å². The second-order valence-corrected chi connectivity index (χ2v) is 16.0. The Balaban J connectivity index is 2.10. The molecule has 0 spiro atoms. The third-order valence-electron chi connectivity index (χ3n) is 8.54. The number of carbonyl (C=O) groups excluding carboxylic acids is 2. The fraction of sp³-hybridized carbons (Fsp3) is 0.938. The predicted molar refractivity (Wildman–Crippen MR) is 159 cm³/mol. The Morgan fingerprint density at radius 1 is 0.429 bits per heavy atom. The van der Waals surface area contributed by atoms with Gasteiger partial charge in [0, 0.05) is 0 Å². The Kier molecular flexibility index (Phi) is 21.5. The van der Waals surface area contributed by atoms with Crippen LogP contribution in [0, 0.1) is 0 Å². The molecule has 1 fully saturated rings. The van der Waals surface area contributed by atoms with Crippen molar-refractivity contribution in [2.75, 3.05) is 12.3 Å². The molecule has 1 saturated heterocycles. The number of hydrogen-bond donors (Lipinski definition) is 0. The number of carbonyl (C=O) groups is 2.